The van der Waals surface area contributed by atoms with E-state index in [-0.39, 0.29) is 39.5 Å². The summed E-state index contributed by atoms with van der Waals surface area (Å²) >= 11 is 0. The Bertz CT molecular complexity index is 1840. The second-order valence-corrected chi connectivity index (χ2v) is 15.1. The molecule has 0 aromatic carbocycles. The van der Waals surface area contributed by atoms with Gasteiger partial charge in [0, 0.05) is 45.1 Å². The van der Waals surface area contributed by atoms with Crippen molar-refractivity contribution in [2.45, 2.75) is 79.0 Å². The van der Waals surface area contributed by atoms with E-state index < -0.39 is 72.1 Å². The molecule has 4 heterocycles. The molecule has 0 aliphatic rings. The first-order chi connectivity index (χ1) is 24.9. The first kappa shape index (κ1) is 46.5. The molecule has 54 heavy (non-hydrogen) atoms. The SMILES string of the molecule is CC(C)OC(=O)OCOP(=O)(CO[C@H](C)Cn1cnc2c(N)ncnc21)OCOC(=O)OC(C)C.C[C@H](Cn1cnc2[c-]ncnc21)OCP(=O)(O)O.[W]. The van der Waals surface area contributed by atoms with E-state index in [0.717, 1.165) is 0 Å². The maximum atomic E-state index is 13.1. The summed E-state index contributed by atoms with van der Waals surface area (Å²) in [6, 6.07) is 0. The number of ether oxygens (including phenoxy) is 6. The third-order valence-corrected chi connectivity index (χ3v) is 8.06. The van der Waals surface area contributed by atoms with E-state index in [4.69, 9.17) is 53.0 Å². The molecule has 0 spiro atoms. The number of aromatic nitrogens is 8. The monoisotopic (exact) mass is 974 g/mol. The average Bonchev–Trinajstić information content (AvgIpc) is 3.67. The predicted molar refractivity (Wildman–Crippen MR) is 182 cm³/mol. The van der Waals surface area contributed by atoms with E-state index in [9.17, 15) is 18.7 Å². The molecule has 2 atom stereocenters. The molecule has 0 radical (unpaired) electrons. The maximum Gasteiger partial charge on any atom is 0.510 e. The van der Waals surface area contributed by atoms with Crippen molar-refractivity contribution in [3.63, 3.8) is 0 Å². The molecule has 0 saturated carbocycles. The van der Waals surface area contributed by atoms with Crippen LogP contribution in [-0.4, -0.2) is 112 Å². The summed E-state index contributed by atoms with van der Waals surface area (Å²) in [7, 11) is -8.19. The van der Waals surface area contributed by atoms with Gasteiger partial charge in [-0.2, -0.15) is 0 Å². The van der Waals surface area contributed by atoms with Gasteiger partial charge in [-0.15, -0.1) is 0 Å². The Balaban J connectivity index is 0.000000444. The molecular formula is C28H42N9O14P2W-. The normalized spacial score (nSPS) is 12.9. The van der Waals surface area contributed by atoms with Gasteiger partial charge < -0.3 is 63.0 Å². The van der Waals surface area contributed by atoms with Crippen molar-refractivity contribution in [1.82, 2.24) is 39.0 Å². The van der Waals surface area contributed by atoms with Crippen LogP contribution in [0.4, 0.5) is 15.4 Å². The fourth-order valence-corrected chi connectivity index (χ4v) is 5.44. The van der Waals surface area contributed by atoms with Crippen LogP contribution >= 0.6 is 15.2 Å². The van der Waals surface area contributed by atoms with Crippen LogP contribution in [0, 0.1) is 6.20 Å². The maximum absolute atomic E-state index is 13.1. The van der Waals surface area contributed by atoms with Crippen LogP contribution in [0.2, 0.25) is 0 Å². The number of nitrogens with zero attached hydrogens (tertiary/aromatic N) is 8. The number of anilines is 1. The molecular weight excluding hydrogens is 932 g/mol. The van der Waals surface area contributed by atoms with Gasteiger partial charge in [-0.25, -0.2) is 24.5 Å². The molecule has 26 heteroatoms. The van der Waals surface area contributed by atoms with Gasteiger partial charge in [0.05, 0.1) is 43.6 Å². The number of fused-ring (bicyclic) bond motifs is 2. The van der Waals surface area contributed by atoms with E-state index in [2.05, 4.69) is 36.1 Å². The minimum Gasteiger partial charge on any atom is -0.432 e. The number of hydrogen-bond acceptors (Lipinski definition) is 19. The Kier molecular flexibility index (Phi) is 19.0. The van der Waals surface area contributed by atoms with Gasteiger partial charge in [0.25, 0.3) is 0 Å². The molecule has 300 valence electrons. The number of carbonyl (C=O) groups excluding carboxylic acids is 2. The predicted octanol–water partition coefficient (Wildman–Crippen LogP) is 3.20. The molecule has 23 nitrogen and oxygen atoms in total. The average molecular weight is 974 g/mol. The van der Waals surface area contributed by atoms with Gasteiger partial charge in [0.15, 0.2) is 11.5 Å². The van der Waals surface area contributed by atoms with Gasteiger partial charge in [0.2, 0.25) is 13.6 Å². The van der Waals surface area contributed by atoms with Crippen LogP contribution in [-0.2, 0) is 80.8 Å². The number of nitrogen functional groups attached to an aromatic ring is 1. The molecule has 4 aromatic heterocycles. The molecule has 0 unspecified atom stereocenters. The molecule has 4 aromatic rings. The van der Waals surface area contributed by atoms with E-state index in [1.165, 1.54) is 19.0 Å². The minimum atomic E-state index is -4.14. The largest absolute Gasteiger partial charge is 0.510 e. The summed E-state index contributed by atoms with van der Waals surface area (Å²) in [6.45, 7) is 9.08. The van der Waals surface area contributed by atoms with E-state index in [1.807, 2.05) is 0 Å². The van der Waals surface area contributed by atoms with Crippen molar-refractivity contribution in [3.05, 3.63) is 31.5 Å². The molecule has 0 amide bonds. The van der Waals surface area contributed by atoms with E-state index >= 15 is 0 Å². The Hall–Kier alpha value is -3.65. The zero-order valence-corrected chi connectivity index (χ0v) is 34.8. The van der Waals surface area contributed by atoms with Crippen LogP contribution in [0.1, 0.15) is 41.5 Å². The van der Waals surface area contributed by atoms with E-state index in [1.54, 1.807) is 57.0 Å². The topological polar surface area (TPSA) is 296 Å². The summed E-state index contributed by atoms with van der Waals surface area (Å²) in [5.74, 6) is 0.237. The number of imidazole rings is 2. The summed E-state index contributed by atoms with van der Waals surface area (Å²) in [5.41, 5.74) is 7.87. The smallest absolute Gasteiger partial charge is 0.432 e. The van der Waals surface area contributed by atoms with Crippen LogP contribution in [0.25, 0.3) is 22.3 Å². The molecule has 0 bridgehead atoms. The molecule has 4 rings (SSSR count). The Morgan fingerprint density at radius 2 is 1.30 bits per heavy atom. The zero-order chi connectivity index (χ0) is 39.2. The van der Waals surface area contributed by atoms with Crippen LogP contribution in [0.3, 0.4) is 0 Å². The molecule has 0 aliphatic carbocycles. The Morgan fingerprint density at radius 1 is 0.778 bits per heavy atom. The van der Waals surface area contributed by atoms with Crippen molar-refractivity contribution in [2.75, 3.05) is 32.0 Å². The van der Waals surface area contributed by atoms with Crippen LogP contribution in [0.5, 0.6) is 0 Å². The first-order valence-corrected chi connectivity index (χ1v) is 19.2. The second kappa shape index (κ2) is 22.0. The number of hydrogen-bond donors (Lipinski definition) is 3. The summed E-state index contributed by atoms with van der Waals surface area (Å²) in [6.07, 6.45) is 3.52. The van der Waals surface area contributed by atoms with Crippen molar-refractivity contribution < 1.29 is 87.0 Å². The van der Waals surface area contributed by atoms with Gasteiger partial charge >= 0.3 is 27.5 Å². The quantitative estimate of drug-likeness (QED) is 0.0558. The molecule has 0 fully saturated rings. The minimum absolute atomic E-state index is 0. The summed E-state index contributed by atoms with van der Waals surface area (Å²) in [4.78, 5) is 64.5. The second-order valence-electron chi connectivity index (χ2n) is 11.5. The first-order valence-electron chi connectivity index (χ1n) is 15.7. The fourth-order valence-electron chi connectivity index (χ4n) is 3.91. The van der Waals surface area contributed by atoms with Crippen molar-refractivity contribution >= 4 is 55.6 Å². The molecule has 0 aliphatic heterocycles. The number of rotatable bonds is 18. The number of carbonyl (C=O) groups is 2. The zero-order valence-electron chi connectivity index (χ0n) is 30.1. The standard InChI is InChI=1S/C19H30N5O10P.C9H12N4O4P.W/c1-12(2)33-18(25)28-9-31-35(27,32-10-29-19(26)34-13(3)4)11-30-14(5)6-24-8-23-15-16(20)21-7-22-17(15)24;1-7(17-6-18(14,15)16)3-13-5-12-8-2-10-4-11-9(8)13;/h7-8,12-14H,6,9-11H2,1-5H3,(H2,20,21,22);4-5,7H,3,6H2,1H3,(H2,14,15,16);/q;-1;/t14-;7-;/m11./s1. The van der Waals surface area contributed by atoms with Crippen molar-refractivity contribution in [3.8, 4) is 0 Å². The van der Waals surface area contributed by atoms with Crippen LogP contribution < -0.4 is 5.73 Å². The summed E-state index contributed by atoms with van der Waals surface area (Å²) < 4.78 is 67.1. The fraction of sp³-hybridized carbons (Fsp3) is 0.571. The summed E-state index contributed by atoms with van der Waals surface area (Å²) in [5, 5.41) is 0. The van der Waals surface area contributed by atoms with Crippen molar-refractivity contribution in [1.29, 1.82) is 0 Å². The Labute approximate surface area is 323 Å². The molecule has 0 saturated heterocycles. The van der Waals surface area contributed by atoms with E-state index in [0.29, 0.717) is 28.9 Å². The third kappa shape index (κ3) is 16.4. The van der Waals surface area contributed by atoms with Gasteiger partial charge in [-0.3, -0.25) is 23.2 Å². The van der Waals surface area contributed by atoms with Crippen LogP contribution in [0.15, 0.2) is 25.3 Å². The number of nitrogens with two attached hydrogens (primary N) is 1. The van der Waals surface area contributed by atoms with Gasteiger partial charge in [-0.05, 0) is 47.7 Å². The van der Waals surface area contributed by atoms with Gasteiger partial charge in [0.1, 0.15) is 24.5 Å². The molecule has 4 N–H and O–H groups in total. The Morgan fingerprint density at radius 3 is 1.85 bits per heavy atom. The third-order valence-electron chi connectivity index (χ3n) is 6.12. The van der Waals surface area contributed by atoms with Gasteiger partial charge in [-0.1, -0.05) is 0 Å². The van der Waals surface area contributed by atoms with Crippen molar-refractivity contribution in [2.24, 2.45) is 0 Å².